The summed E-state index contributed by atoms with van der Waals surface area (Å²) in [7, 11) is -3.24. The summed E-state index contributed by atoms with van der Waals surface area (Å²) in [6, 6.07) is 0. The van der Waals surface area contributed by atoms with E-state index < -0.39 is 10.0 Å². The van der Waals surface area contributed by atoms with Crippen molar-refractivity contribution >= 4 is 21.6 Å². The maximum absolute atomic E-state index is 11.9. The predicted octanol–water partition coefficient (Wildman–Crippen LogP) is 1.82. The molecule has 0 aromatic heterocycles. The fraction of sp³-hybridized carbons (Fsp3) is 1.00. The zero-order valence-electron chi connectivity index (χ0n) is 10.6. The highest BCUT2D eigenvalue weighted by molar-refractivity contribution is 7.89. The Morgan fingerprint density at radius 1 is 1.12 bits per heavy atom. The molecular weight excluding hydrogens is 262 g/mol. The van der Waals surface area contributed by atoms with Crippen LogP contribution in [0.4, 0.5) is 0 Å². The molecular formula is C11H24ClNO3S. The summed E-state index contributed by atoms with van der Waals surface area (Å²) in [5.74, 6) is 0.423. The van der Waals surface area contributed by atoms with Gasteiger partial charge in [-0.3, -0.25) is 0 Å². The van der Waals surface area contributed by atoms with Crippen LogP contribution in [0.3, 0.4) is 0 Å². The molecule has 0 saturated carbocycles. The molecule has 0 aliphatic rings. The highest BCUT2D eigenvalue weighted by Gasteiger charge is 2.20. The average molecular weight is 286 g/mol. The maximum Gasteiger partial charge on any atom is 0.214 e. The Morgan fingerprint density at radius 2 is 1.82 bits per heavy atom. The number of unbranched alkanes of at least 4 members (excludes halogenated alkanes) is 3. The molecule has 0 fully saturated rings. The van der Waals surface area contributed by atoms with Crippen molar-refractivity contribution in [1.29, 1.82) is 0 Å². The van der Waals surface area contributed by atoms with Crippen LogP contribution in [0.15, 0.2) is 0 Å². The van der Waals surface area contributed by atoms with Crippen LogP contribution in [0.5, 0.6) is 0 Å². The van der Waals surface area contributed by atoms with Crippen LogP contribution in [-0.2, 0) is 10.0 Å². The third kappa shape index (κ3) is 7.97. The van der Waals surface area contributed by atoms with Crippen LogP contribution in [0.2, 0.25) is 0 Å². The summed E-state index contributed by atoms with van der Waals surface area (Å²) >= 11 is 5.50. The number of nitrogens with zero attached hydrogens (tertiary/aromatic N) is 1. The molecule has 0 unspecified atom stereocenters. The van der Waals surface area contributed by atoms with Gasteiger partial charge in [0, 0.05) is 19.0 Å². The minimum Gasteiger partial charge on any atom is -0.395 e. The van der Waals surface area contributed by atoms with Crippen LogP contribution in [-0.4, -0.2) is 49.2 Å². The Balaban J connectivity index is 4.19. The Hall–Kier alpha value is 0.160. The molecule has 0 aliphatic carbocycles. The van der Waals surface area contributed by atoms with Crippen LogP contribution >= 0.6 is 11.6 Å². The van der Waals surface area contributed by atoms with Gasteiger partial charge in [0.05, 0.1) is 12.4 Å². The second-order valence-electron chi connectivity index (χ2n) is 4.04. The maximum atomic E-state index is 11.9. The second-order valence-corrected chi connectivity index (χ2v) is 6.51. The molecule has 0 heterocycles. The Morgan fingerprint density at radius 3 is 2.35 bits per heavy atom. The molecule has 0 atom stereocenters. The summed E-state index contributed by atoms with van der Waals surface area (Å²) in [5, 5.41) is 8.90. The van der Waals surface area contributed by atoms with Gasteiger partial charge in [0.25, 0.3) is 0 Å². The van der Waals surface area contributed by atoms with E-state index in [0.717, 1.165) is 25.7 Å². The van der Waals surface area contributed by atoms with E-state index in [9.17, 15) is 8.42 Å². The molecule has 104 valence electrons. The minimum absolute atomic E-state index is 0.0737. The van der Waals surface area contributed by atoms with Gasteiger partial charge in [-0.2, -0.15) is 4.31 Å². The lowest BCUT2D eigenvalue weighted by Gasteiger charge is -2.21. The second kappa shape index (κ2) is 10.1. The van der Waals surface area contributed by atoms with Crippen LogP contribution in [0.1, 0.15) is 39.0 Å². The molecule has 0 radical (unpaired) electrons. The van der Waals surface area contributed by atoms with Gasteiger partial charge in [0.1, 0.15) is 0 Å². The molecule has 17 heavy (non-hydrogen) atoms. The lowest BCUT2D eigenvalue weighted by atomic mass is 10.2. The van der Waals surface area contributed by atoms with E-state index in [-0.39, 0.29) is 18.9 Å². The quantitative estimate of drug-likeness (QED) is 0.465. The zero-order valence-corrected chi connectivity index (χ0v) is 12.1. The van der Waals surface area contributed by atoms with Gasteiger partial charge in [-0.25, -0.2) is 8.42 Å². The fourth-order valence-electron chi connectivity index (χ4n) is 1.58. The molecule has 0 aliphatic heterocycles. The van der Waals surface area contributed by atoms with Gasteiger partial charge in [-0.1, -0.05) is 26.2 Å². The van der Waals surface area contributed by atoms with Gasteiger partial charge < -0.3 is 5.11 Å². The molecule has 4 nitrogen and oxygen atoms in total. The third-order valence-corrected chi connectivity index (χ3v) is 4.76. The number of sulfonamides is 1. The number of halogens is 1. The molecule has 0 spiro atoms. The van der Waals surface area contributed by atoms with Gasteiger partial charge >= 0.3 is 0 Å². The highest BCUT2D eigenvalue weighted by atomic mass is 35.5. The smallest absolute Gasteiger partial charge is 0.214 e. The van der Waals surface area contributed by atoms with Crippen molar-refractivity contribution in [2.45, 2.75) is 39.0 Å². The Bertz CT molecular complexity index is 270. The van der Waals surface area contributed by atoms with Crippen molar-refractivity contribution in [1.82, 2.24) is 4.31 Å². The van der Waals surface area contributed by atoms with Gasteiger partial charge in [-0.05, 0) is 12.8 Å². The predicted molar refractivity (Wildman–Crippen MR) is 71.9 cm³/mol. The average Bonchev–Trinajstić information content (AvgIpc) is 2.30. The molecule has 0 aromatic rings. The van der Waals surface area contributed by atoms with Crippen molar-refractivity contribution in [3.8, 4) is 0 Å². The van der Waals surface area contributed by atoms with Gasteiger partial charge in [0.2, 0.25) is 10.0 Å². The van der Waals surface area contributed by atoms with Crippen molar-refractivity contribution in [2.75, 3.05) is 31.3 Å². The van der Waals surface area contributed by atoms with Crippen LogP contribution in [0.25, 0.3) is 0 Å². The first-order valence-corrected chi connectivity index (χ1v) is 8.37. The standard InChI is InChI=1S/C11H24ClNO3S/c1-2-3-4-5-8-13(9-10-14)17(15,16)11-6-7-12/h14H,2-11H2,1H3. The van der Waals surface area contributed by atoms with Crippen molar-refractivity contribution in [3.63, 3.8) is 0 Å². The summed E-state index contributed by atoms with van der Waals surface area (Å²) in [5.41, 5.74) is 0. The minimum atomic E-state index is -3.24. The van der Waals surface area contributed by atoms with Crippen molar-refractivity contribution in [3.05, 3.63) is 0 Å². The van der Waals surface area contributed by atoms with Crippen molar-refractivity contribution < 1.29 is 13.5 Å². The molecule has 0 aromatic carbocycles. The third-order valence-electron chi connectivity index (χ3n) is 2.54. The zero-order chi connectivity index (χ0) is 13.1. The molecule has 0 saturated heterocycles. The number of hydrogen-bond acceptors (Lipinski definition) is 3. The molecule has 0 rings (SSSR count). The summed E-state index contributed by atoms with van der Waals surface area (Å²) < 4.78 is 25.2. The van der Waals surface area contributed by atoms with E-state index in [1.807, 2.05) is 0 Å². The van der Waals surface area contributed by atoms with E-state index >= 15 is 0 Å². The molecule has 6 heteroatoms. The normalized spacial score (nSPS) is 12.2. The number of alkyl halides is 1. The number of aliphatic hydroxyl groups is 1. The summed E-state index contributed by atoms with van der Waals surface area (Å²) in [4.78, 5) is 0. The van der Waals surface area contributed by atoms with Gasteiger partial charge in [0.15, 0.2) is 0 Å². The van der Waals surface area contributed by atoms with Crippen molar-refractivity contribution in [2.24, 2.45) is 0 Å². The largest absolute Gasteiger partial charge is 0.395 e. The van der Waals surface area contributed by atoms with Crippen LogP contribution in [0, 0.1) is 0 Å². The Kier molecular flexibility index (Phi) is 10.2. The lowest BCUT2D eigenvalue weighted by molar-refractivity contribution is 0.251. The fourth-order valence-corrected chi connectivity index (χ4v) is 3.41. The van der Waals surface area contributed by atoms with E-state index in [4.69, 9.17) is 16.7 Å². The number of rotatable bonds is 11. The molecule has 1 N–H and O–H groups in total. The van der Waals surface area contributed by atoms with E-state index in [0.29, 0.717) is 18.8 Å². The van der Waals surface area contributed by atoms with E-state index in [1.165, 1.54) is 4.31 Å². The molecule has 0 bridgehead atoms. The monoisotopic (exact) mass is 285 g/mol. The summed E-state index contributed by atoms with van der Waals surface area (Å²) in [6.45, 7) is 2.68. The first kappa shape index (κ1) is 17.2. The van der Waals surface area contributed by atoms with E-state index in [1.54, 1.807) is 0 Å². The first-order valence-electron chi connectivity index (χ1n) is 6.23. The Labute approximate surface area is 110 Å². The summed E-state index contributed by atoms with van der Waals surface area (Å²) in [6.07, 6.45) is 4.59. The van der Waals surface area contributed by atoms with Gasteiger partial charge in [-0.15, -0.1) is 11.6 Å². The number of aliphatic hydroxyl groups excluding tert-OH is 1. The molecule has 0 amide bonds. The SMILES string of the molecule is CCCCCCN(CCO)S(=O)(=O)CCCCl. The topological polar surface area (TPSA) is 57.6 Å². The number of hydrogen-bond donors (Lipinski definition) is 1. The van der Waals surface area contributed by atoms with E-state index in [2.05, 4.69) is 6.92 Å². The highest BCUT2D eigenvalue weighted by Crippen LogP contribution is 2.08. The first-order chi connectivity index (χ1) is 8.08. The van der Waals surface area contributed by atoms with Crippen LogP contribution < -0.4 is 0 Å². The lowest BCUT2D eigenvalue weighted by Crippen LogP contribution is -2.36.